The molecule has 6 nitrogen and oxygen atoms in total. The van der Waals surface area contributed by atoms with Gasteiger partial charge in [-0.15, -0.1) is 0 Å². The number of nitrogens with one attached hydrogen (secondary N) is 1. The van der Waals surface area contributed by atoms with Crippen LogP contribution in [0.2, 0.25) is 0 Å². The number of H-pyrrole nitrogens is 1. The monoisotopic (exact) mass is 356 g/mol. The third-order valence-electron chi connectivity index (χ3n) is 3.45. The first-order chi connectivity index (χ1) is 10.8. The van der Waals surface area contributed by atoms with Gasteiger partial charge >= 0.3 is 5.69 Å². The van der Waals surface area contributed by atoms with Crippen LogP contribution in [0.3, 0.4) is 0 Å². The van der Waals surface area contributed by atoms with Crippen LogP contribution >= 0.6 is 23.4 Å². The second-order valence-corrected chi connectivity index (χ2v) is 7.48. The molecular formula is C15H21ClN4O2S. The smallest absolute Gasteiger partial charge is 0.309 e. The normalized spacial score (nSPS) is 12.5. The van der Waals surface area contributed by atoms with Crippen molar-refractivity contribution in [3.8, 4) is 0 Å². The molecule has 2 heterocycles. The average molecular weight is 357 g/mol. The summed E-state index contributed by atoms with van der Waals surface area (Å²) >= 11 is 7.51. The zero-order valence-corrected chi connectivity index (χ0v) is 15.3. The van der Waals surface area contributed by atoms with Crippen LogP contribution in [0, 0.1) is 5.92 Å². The molecule has 2 rings (SSSR count). The summed E-state index contributed by atoms with van der Waals surface area (Å²) in [5, 5.41) is 1.37. The summed E-state index contributed by atoms with van der Waals surface area (Å²) < 4.78 is 3.17. The predicted octanol–water partition coefficient (Wildman–Crippen LogP) is 2.70. The molecule has 0 spiro atoms. The van der Waals surface area contributed by atoms with E-state index in [1.165, 1.54) is 4.57 Å². The second-order valence-electron chi connectivity index (χ2n) is 5.82. The Labute approximate surface area is 143 Å². The fraction of sp³-hybridized carbons (Fsp3) is 0.533. The van der Waals surface area contributed by atoms with Gasteiger partial charge < -0.3 is 4.57 Å². The van der Waals surface area contributed by atoms with E-state index >= 15 is 0 Å². The van der Waals surface area contributed by atoms with Gasteiger partial charge in [0.15, 0.2) is 16.3 Å². The van der Waals surface area contributed by atoms with Crippen LogP contribution in [0.5, 0.6) is 0 Å². The van der Waals surface area contributed by atoms with E-state index in [2.05, 4.69) is 23.8 Å². The molecule has 0 amide bonds. The molecule has 23 heavy (non-hydrogen) atoms. The standard InChI is InChI=1S/C15H21ClN4O2S/c1-9(2)6-8-23-15-17-12-11(20(15)7-5-10(3)16)13(21)18-14(22)19(12)4/h5,9H,6-8H2,1-4H3,(H,18,21,22)/b10-5-. The van der Waals surface area contributed by atoms with Crippen LogP contribution in [0.1, 0.15) is 27.2 Å². The highest BCUT2D eigenvalue weighted by molar-refractivity contribution is 7.99. The maximum Gasteiger partial charge on any atom is 0.329 e. The van der Waals surface area contributed by atoms with E-state index in [0.717, 1.165) is 17.3 Å². The molecule has 0 saturated heterocycles. The van der Waals surface area contributed by atoms with Crippen molar-refractivity contribution in [3.63, 3.8) is 0 Å². The minimum Gasteiger partial charge on any atom is -0.309 e. The van der Waals surface area contributed by atoms with Gasteiger partial charge in [0.25, 0.3) is 5.56 Å². The van der Waals surface area contributed by atoms with E-state index < -0.39 is 11.2 Å². The Morgan fingerprint density at radius 3 is 2.74 bits per heavy atom. The molecule has 1 N–H and O–H groups in total. The fourth-order valence-corrected chi connectivity index (χ4v) is 3.41. The van der Waals surface area contributed by atoms with Crippen LogP contribution in [0.15, 0.2) is 25.9 Å². The number of aromatic nitrogens is 4. The molecule has 0 aliphatic carbocycles. The lowest BCUT2D eigenvalue weighted by molar-refractivity contribution is 0.630. The van der Waals surface area contributed by atoms with Gasteiger partial charge in [-0.1, -0.05) is 43.3 Å². The number of aromatic amines is 1. The predicted molar refractivity (Wildman–Crippen MR) is 95.4 cm³/mol. The zero-order chi connectivity index (χ0) is 17.1. The Hall–Kier alpha value is -1.47. The quantitative estimate of drug-likeness (QED) is 0.808. The topological polar surface area (TPSA) is 72.7 Å². The Morgan fingerprint density at radius 1 is 1.43 bits per heavy atom. The van der Waals surface area contributed by atoms with Crippen LogP contribution < -0.4 is 11.2 Å². The molecule has 2 aromatic rings. The zero-order valence-electron chi connectivity index (χ0n) is 13.7. The molecule has 0 atom stereocenters. The van der Waals surface area contributed by atoms with E-state index in [1.54, 1.807) is 25.7 Å². The summed E-state index contributed by atoms with van der Waals surface area (Å²) in [4.78, 5) is 30.8. The van der Waals surface area contributed by atoms with Gasteiger partial charge in [0.1, 0.15) is 0 Å². The van der Waals surface area contributed by atoms with Crippen LogP contribution in [-0.4, -0.2) is 24.9 Å². The molecule has 2 aromatic heterocycles. The van der Waals surface area contributed by atoms with Crippen molar-refractivity contribution in [2.45, 2.75) is 38.9 Å². The number of imidazole rings is 1. The molecule has 126 valence electrons. The first-order valence-corrected chi connectivity index (χ1v) is 8.82. The Bertz CT molecular complexity index is 844. The Balaban J connectivity index is 2.55. The van der Waals surface area contributed by atoms with Crippen LogP contribution in [-0.2, 0) is 13.6 Å². The van der Waals surface area contributed by atoms with Gasteiger partial charge in [-0.25, -0.2) is 9.78 Å². The first-order valence-electron chi connectivity index (χ1n) is 7.45. The molecular weight excluding hydrogens is 336 g/mol. The van der Waals surface area contributed by atoms with E-state index in [4.69, 9.17) is 11.6 Å². The Kier molecular flexibility index (Phi) is 5.75. The van der Waals surface area contributed by atoms with Crippen LogP contribution in [0.4, 0.5) is 0 Å². The van der Waals surface area contributed by atoms with Crippen molar-refractivity contribution < 1.29 is 0 Å². The summed E-state index contributed by atoms with van der Waals surface area (Å²) in [6, 6.07) is 0. The Morgan fingerprint density at radius 2 is 2.13 bits per heavy atom. The number of nitrogens with zero attached hydrogens (tertiary/aromatic N) is 3. The number of fused-ring (bicyclic) bond motifs is 1. The summed E-state index contributed by atoms with van der Waals surface area (Å²) in [6.45, 7) is 6.55. The first kappa shape index (κ1) is 17.9. The highest BCUT2D eigenvalue weighted by Crippen LogP contribution is 2.23. The molecule has 0 unspecified atom stereocenters. The lowest BCUT2D eigenvalue weighted by Gasteiger charge is -2.07. The summed E-state index contributed by atoms with van der Waals surface area (Å²) in [7, 11) is 1.60. The van der Waals surface area contributed by atoms with Crippen molar-refractivity contribution in [3.05, 3.63) is 31.9 Å². The van der Waals surface area contributed by atoms with Crippen molar-refractivity contribution in [1.82, 2.24) is 19.1 Å². The molecule has 0 aromatic carbocycles. The minimum absolute atomic E-state index is 0.395. The van der Waals surface area contributed by atoms with Gasteiger partial charge in [0, 0.05) is 24.4 Å². The van der Waals surface area contributed by atoms with Crippen LogP contribution in [0.25, 0.3) is 11.2 Å². The molecule has 0 fully saturated rings. The average Bonchev–Trinajstić information content (AvgIpc) is 2.81. The van der Waals surface area contributed by atoms with E-state index in [-0.39, 0.29) is 0 Å². The number of allylic oxidation sites excluding steroid dienone is 2. The summed E-state index contributed by atoms with van der Waals surface area (Å²) in [5.41, 5.74) is -0.0957. The highest BCUT2D eigenvalue weighted by Gasteiger charge is 2.17. The molecule has 0 aliphatic rings. The fourth-order valence-electron chi connectivity index (χ4n) is 2.10. The van der Waals surface area contributed by atoms with Crippen molar-refractivity contribution in [1.29, 1.82) is 0 Å². The van der Waals surface area contributed by atoms with Crippen molar-refractivity contribution in [2.75, 3.05) is 5.75 Å². The van der Waals surface area contributed by atoms with E-state index in [1.807, 2.05) is 10.6 Å². The van der Waals surface area contributed by atoms with Crippen molar-refractivity contribution >= 4 is 34.5 Å². The number of hydrogen-bond donors (Lipinski definition) is 1. The number of halogens is 1. The highest BCUT2D eigenvalue weighted by atomic mass is 35.5. The van der Waals surface area contributed by atoms with Gasteiger partial charge in [-0.05, 0) is 19.3 Å². The third kappa shape index (κ3) is 4.09. The van der Waals surface area contributed by atoms with Gasteiger partial charge in [0.05, 0.1) is 0 Å². The number of thioether (sulfide) groups is 1. The van der Waals surface area contributed by atoms with Gasteiger partial charge in [0.2, 0.25) is 0 Å². The van der Waals surface area contributed by atoms with E-state index in [9.17, 15) is 9.59 Å². The summed E-state index contributed by atoms with van der Waals surface area (Å²) in [5.74, 6) is 1.49. The lowest BCUT2D eigenvalue weighted by atomic mass is 10.2. The molecule has 0 saturated carbocycles. The number of aryl methyl sites for hydroxylation is 1. The second kappa shape index (κ2) is 7.40. The maximum absolute atomic E-state index is 12.2. The molecule has 8 heteroatoms. The third-order valence-corrected chi connectivity index (χ3v) is 4.62. The maximum atomic E-state index is 12.2. The molecule has 0 radical (unpaired) electrons. The lowest BCUT2D eigenvalue weighted by Crippen LogP contribution is -2.29. The van der Waals surface area contributed by atoms with Gasteiger partial charge in [-0.3, -0.25) is 14.3 Å². The number of rotatable bonds is 6. The largest absolute Gasteiger partial charge is 0.329 e. The summed E-state index contributed by atoms with van der Waals surface area (Å²) in [6.07, 6.45) is 2.87. The number of hydrogen-bond acceptors (Lipinski definition) is 4. The SMILES string of the molecule is C/C(Cl)=C/Cn1c(SCCC(C)C)nc2c1c(=O)[nH]c(=O)n2C. The van der Waals surface area contributed by atoms with E-state index in [0.29, 0.717) is 28.7 Å². The minimum atomic E-state index is -0.463. The van der Waals surface area contributed by atoms with Crippen molar-refractivity contribution in [2.24, 2.45) is 13.0 Å². The molecule has 0 bridgehead atoms. The van der Waals surface area contributed by atoms with Gasteiger partial charge in [-0.2, -0.15) is 0 Å². The molecule has 0 aliphatic heterocycles.